The van der Waals surface area contributed by atoms with E-state index < -0.39 is 151 Å². The molecule has 0 radical (unpaired) electrons. The Morgan fingerprint density at radius 1 is 0.536 bits per heavy atom. The summed E-state index contributed by atoms with van der Waals surface area (Å²) in [5.41, 5.74) is 0.270. The third-order valence-electron chi connectivity index (χ3n) is 16.6. The number of methoxy groups -OCH3 is 2. The van der Waals surface area contributed by atoms with Crippen LogP contribution in [0.5, 0.6) is 11.5 Å². The van der Waals surface area contributed by atoms with Crippen LogP contribution in [-0.2, 0) is 115 Å². The van der Waals surface area contributed by atoms with Gasteiger partial charge in [0.15, 0.2) is 25.2 Å². The van der Waals surface area contributed by atoms with Crippen molar-refractivity contribution in [2.45, 2.75) is 159 Å². The first-order valence-corrected chi connectivity index (χ1v) is 34.5. The molecule has 1 amide bonds. The van der Waals surface area contributed by atoms with Crippen LogP contribution in [0, 0.1) is 5.41 Å². The molecule has 97 heavy (non-hydrogen) atoms. The molecule has 5 aromatic carbocycles. The number of amides is 1. The zero-order valence-electron chi connectivity index (χ0n) is 56.0. The molecule has 4 saturated heterocycles. The first-order valence-electron chi connectivity index (χ1n) is 31.9. The Labute approximate surface area is 613 Å². The summed E-state index contributed by atoms with van der Waals surface area (Å²) in [6, 6.07) is 41.1. The largest absolute Gasteiger partial charge is 1.00 e. The minimum absolute atomic E-state index is 0. The minimum Gasteiger partial charge on any atom is -0.726 e. The number of ether oxygens (including phenoxy) is 15. The summed E-state index contributed by atoms with van der Waals surface area (Å²) in [6.07, 6.45) is -7.31. The van der Waals surface area contributed by atoms with Crippen molar-refractivity contribution in [3.05, 3.63) is 167 Å². The smallest absolute Gasteiger partial charge is 0.726 e. The summed E-state index contributed by atoms with van der Waals surface area (Å²) in [7, 11) is -7.65. The summed E-state index contributed by atoms with van der Waals surface area (Å²) in [5, 5.41) is 3.02. The van der Waals surface area contributed by atoms with Crippen LogP contribution >= 0.6 is 0 Å². The molecular formula is C68H87NNa2O24S2. The molecule has 25 nitrogen and oxygen atoms in total. The predicted molar refractivity (Wildman–Crippen MR) is 337 cm³/mol. The molecule has 522 valence electrons. The van der Waals surface area contributed by atoms with E-state index in [2.05, 4.69) is 12.2 Å². The van der Waals surface area contributed by atoms with Gasteiger partial charge in [-0.2, -0.15) is 0 Å². The average Bonchev–Trinajstić information content (AvgIpc) is 1.82. The molecule has 1 N–H and O–H groups in total. The van der Waals surface area contributed by atoms with Gasteiger partial charge < -0.3 is 85.5 Å². The maximum absolute atomic E-state index is 13.8. The zero-order valence-corrected chi connectivity index (χ0v) is 61.7. The van der Waals surface area contributed by atoms with Crippen LogP contribution in [0.3, 0.4) is 0 Å². The molecule has 5 aromatic rings. The fourth-order valence-electron chi connectivity index (χ4n) is 11.5. The van der Waals surface area contributed by atoms with Crippen LogP contribution in [0.15, 0.2) is 140 Å². The van der Waals surface area contributed by atoms with Gasteiger partial charge in [-0.15, -0.1) is 0 Å². The predicted octanol–water partition coefficient (Wildman–Crippen LogP) is 2.08. The summed E-state index contributed by atoms with van der Waals surface area (Å²) in [6.45, 7) is 1.49. The molecule has 9 rings (SSSR count). The Bertz CT molecular complexity index is 3300. The first kappa shape index (κ1) is 80.7. The Hall–Kier alpha value is -3.61. The second-order valence-corrected chi connectivity index (χ2v) is 26.2. The van der Waals surface area contributed by atoms with Crippen molar-refractivity contribution < 1.29 is 169 Å². The van der Waals surface area contributed by atoms with E-state index in [-0.39, 0.29) is 98.8 Å². The topological polar surface area (TPSA) is 300 Å². The quantitative estimate of drug-likeness (QED) is 0.0260. The van der Waals surface area contributed by atoms with Crippen LogP contribution in [0.2, 0.25) is 0 Å². The molecule has 0 aliphatic carbocycles. The van der Waals surface area contributed by atoms with Crippen LogP contribution in [0.4, 0.5) is 0 Å². The molecule has 0 bridgehead atoms. The van der Waals surface area contributed by atoms with E-state index in [1.807, 2.05) is 97.9 Å². The molecule has 0 aromatic heterocycles. The Morgan fingerprint density at radius 3 is 1.51 bits per heavy atom. The molecule has 4 heterocycles. The summed E-state index contributed by atoms with van der Waals surface area (Å²) in [5.74, 6) is 0.605. The van der Waals surface area contributed by atoms with Crippen LogP contribution < -0.4 is 73.9 Å². The maximum atomic E-state index is 13.8. The van der Waals surface area contributed by atoms with Crippen LogP contribution in [-0.4, -0.2) is 172 Å². The fourth-order valence-corrected chi connectivity index (χ4v) is 12.3. The zero-order chi connectivity index (χ0) is 67.3. The first-order chi connectivity index (χ1) is 45.8. The van der Waals surface area contributed by atoms with E-state index in [1.165, 1.54) is 21.1 Å². The van der Waals surface area contributed by atoms with Crippen molar-refractivity contribution in [1.82, 2.24) is 5.32 Å². The van der Waals surface area contributed by atoms with Crippen LogP contribution in [0.25, 0.3) is 0 Å². The number of benzene rings is 5. The van der Waals surface area contributed by atoms with Gasteiger partial charge in [0, 0.05) is 24.7 Å². The molecule has 0 unspecified atom stereocenters. The molecule has 10 atom stereocenters. The molecule has 4 aliphatic heterocycles. The number of carbonyl (C=O) groups is 1. The molecular weight excluding hydrogens is 1320 g/mol. The van der Waals surface area contributed by atoms with Gasteiger partial charge >= 0.3 is 59.1 Å². The van der Waals surface area contributed by atoms with Gasteiger partial charge in [0.25, 0.3) is 0 Å². The Morgan fingerprint density at radius 2 is 1.01 bits per heavy atom. The van der Waals surface area contributed by atoms with E-state index >= 15 is 0 Å². The molecule has 29 heteroatoms. The van der Waals surface area contributed by atoms with E-state index in [9.17, 15) is 30.7 Å². The Balaban J connectivity index is 0.00000663. The maximum Gasteiger partial charge on any atom is 1.00 e. The monoisotopic (exact) mass is 1410 g/mol. The van der Waals surface area contributed by atoms with Crippen LogP contribution in [0.1, 0.15) is 99.7 Å². The SMILES string of the molecule is CCCCCCCCO[C@H]1O[C@H](COC2(COS(=O)(=O)[O-])COC(c3ccc(OC)cc3)OC2)[C@@H](OCC2(COS(=O)(=O)[O-])COC(c3ccc(OC)cc3)OC2)[C@H](O[C@@H]2O[C@@H](C)[C@@H](OCc3ccccc3)[C@@H](OCc3ccccc3)[C@@H]2OCc2ccccc2)[C@H]1NC(C)=O.[Na+].[Na+]. The number of unbranched alkanes of at least 4 members (excludes halogenated alkanes) is 5. The number of hydrogen-bond donors (Lipinski definition) is 1. The second kappa shape index (κ2) is 39.7. The molecule has 0 saturated carbocycles. The van der Waals surface area contributed by atoms with E-state index in [4.69, 9.17) is 79.4 Å². The summed E-state index contributed by atoms with van der Waals surface area (Å²) in [4.78, 5) is 13.8. The minimum atomic E-state index is -5.35. The van der Waals surface area contributed by atoms with Gasteiger partial charge in [-0.25, -0.2) is 16.8 Å². The van der Waals surface area contributed by atoms with E-state index in [1.54, 1.807) is 48.5 Å². The van der Waals surface area contributed by atoms with E-state index in [0.29, 0.717) is 29.0 Å². The van der Waals surface area contributed by atoms with Gasteiger partial charge in [-0.1, -0.05) is 154 Å². The second-order valence-electron chi connectivity index (χ2n) is 24.1. The molecule has 0 spiro atoms. The van der Waals surface area contributed by atoms with Crippen molar-refractivity contribution in [2.24, 2.45) is 5.41 Å². The third kappa shape index (κ3) is 24.8. The standard InChI is InChI=1S/C68H89NO24S2.2Na/c1-6-7-8-9-10-20-35-79-65-57(69-48(3)70)60(93-66-62(82-38-51-25-18-13-19-26-51)61(81-37-50-23-16-12-17-24-50)58(47(2)91-66)80-36-49-21-14-11-15-22-49)59(83-40-67(43-89-94(71,72)73)41-84-63(85-42-67)52-27-31-54(77-4)32-28-52)56(92-65)39-88-68(46-90-95(74,75)76)44-86-64(87-45-68)53-29-33-55(78-5)34-30-53;;/h11-19,21-34,47,56-66H,6-10,20,35-46H2,1-5H3,(H,69,70)(H,71,72,73)(H,74,75,76);;/q;2*+1/p-2/t47-,56+,57+,58+,59+,60+,61+,62-,63?,64?,65-,66-,67?,68?;;/m0../s1. The van der Waals surface area contributed by atoms with Crippen molar-refractivity contribution in [3.8, 4) is 11.5 Å². The van der Waals surface area contributed by atoms with Crippen molar-refractivity contribution in [1.29, 1.82) is 0 Å². The average molecular weight is 1410 g/mol. The number of nitrogens with one attached hydrogen (secondary N) is 1. The molecule has 4 aliphatic rings. The van der Waals surface area contributed by atoms with Crippen molar-refractivity contribution in [3.63, 3.8) is 0 Å². The van der Waals surface area contributed by atoms with Gasteiger partial charge in [0.05, 0.1) is 98.4 Å². The fraction of sp³-hybridized carbons (Fsp3) is 0.544. The summed E-state index contributed by atoms with van der Waals surface area (Å²) < 4.78 is 182. The number of rotatable bonds is 36. The van der Waals surface area contributed by atoms with Gasteiger partial charge in [-0.05, 0) is 54.3 Å². The van der Waals surface area contributed by atoms with Crippen molar-refractivity contribution >= 4 is 26.7 Å². The Kier molecular flexibility index (Phi) is 33.0. The van der Waals surface area contributed by atoms with Gasteiger partial charge in [-0.3, -0.25) is 13.2 Å². The van der Waals surface area contributed by atoms with E-state index in [0.717, 1.165) is 48.8 Å². The summed E-state index contributed by atoms with van der Waals surface area (Å²) >= 11 is 0. The van der Waals surface area contributed by atoms with Gasteiger partial charge in [0.1, 0.15) is 59.8 Å². The third-order valence-corrected chi connectivity index (χ3v) is 17.4. The number of hydrogen-bond acceptors (Lipinski definition) is 24. The van der Waals surface area contributed by atoms with Gasteiger partial charge in [0.2, 0.25) is 26.7 Å². The normalized spacial score (nSPS) is 27.6. The number of carbonyl (C=O) groups excluding carboxylic acids is 1. The molecule has 4 fully saturated rings. The van der Waals surface area contributed by atoms with Crippen molar-refractivity contribution in [2.75, 3.05) is 73.7 Å².